The van der Waals surface area contributed by atoms with E-state index in [4.69, 9.17) is 5.73 Å². The van der Waals surface area contributed by atoms with Gasteiger partial charge in [0.25, 0.3) is 10.2 Å². The largest absolute Gasteiger partial charge is 0.329 e. The smallest absolute Gasteiger partial charge is 0.281 e. The van der Waals surface area contributed by atoms with E-state index in [1.807, 2.05) is 0 Å². The Kier molecular flexibility index (Phi) is 5.37. The molecule has 0 radical (unpaired) electrons. The van der Waals surface area contributed by atoms with Crippen LogP contribution in [0.3, 0.4) is 0 Å². The minimum atomic E-state index is -3.34. The second kappa shape index (κ2) is 6.13. The molecule has 0 heterocycles. The summed E-state index contributed by atoms with van der Waals surface area (Å²) in [5.41, 5.74) is 5.69. The van der Waals surface area contributed by atoms with Crippen LogP contribution in [0.25, 0.3) is 0 Å². The number of hydrogen-bond acceptors (Lipinski definition) is 3. The number of unbranched alkanes of at least 4 members (excludes halogenated alkanes) is 1. The molecule has 0 aromatic carbocycles. The molecule has 1 fully saturated rings. The molecule has 1 rings (SSSR count). The van der Waals surface area contributed by atoms with Gasteiger partial charge in [-0.15, -0.1) is 0 Å². The summed E-state index contributed by atoms with van der Waals surface area (Å²) in [7, 11) is -0.0536. The van der Waals surface area contributed by atoms with E-state index in [-0.39, 0.29) is 6.04 Å². The van der Waals surface area contributed by atoms with Crippen LogP contribution in [-0.2, 0) is 10.2 Å². The van der Waals surface area contributed by atoms with Gasteiger partial charge in [0.15, 0.2) is 0 Å². The Bertz CT molecular complexity index is 328. The number of nitrogens with two attached hydrogens (primary N) is 1. The summed E-state index contributed by atoms with van der Waals surface area (Å²) in [6, 6.07) is -0.0379. The quantitative estimate of drug-likeness (QED) is 0.698. The molecule has 2 N–H and O–H groups in total. The second-order valence-corrected chi connectivity index (χ2v) is 6.93. The molecule has 0 aromatic heterocycles. The third kappa shape index (κ3) is 3.64. The summed E-state index contributed by atoms with van der Waals surface area (Å²) in [5, 5.41) is 0. The van der Waals surface area contributed by atoms with Crippen LogP contribution in [0.4, 0.5) is 0 Å². The van der Waals surface area contributed by atoms with Crippen LogP contribution in [0, 0.1) is 5.92 Å². The van der Waals surface area contributed by atoms with Crippen molar-refractivity contribution in [1.82, 2.24) is 8.61 Å². The van der Waals surface area contributed by atoms with Crippen molar-refractivity contribution >= 4 is 10.2 Å². The van der Waals surface area contributed by atoms with Gasteiger partial charge in [-0.3, -0.25) is 0 Å². The lowest BCUT2D eigenvalue weighted by Crippen LogP contribution is -2.48. The molecule has 102 valence electrons. The summed E-state index contributed by atoms with van der Waals surface area (Å²) >= 11 is 0. The first-order valence-electron chi connectivity index (χ1n) is 6.34. The van der Waals surface area contributed by atoms with Gasteiger partial charge in [0, 0.05) is 33.2 Å². The predicted molar refractivity (Wildman–Crippen MR) is 69.8 cm³/mol. The highest BCUT2D eigenvalue weighted by molar-refractivity contribution is 7.86. The highest BCUT2D eigenvalue weighted by Crippen LogP contribution is 2.35. The van der Waals surface area contributed by atoms with E-state index in [1.165, 1.54) is 8.61 Å². The number of rotatable bonds is 8. The monoisotopic (exact) mass is 263 g/mol. The maximum Gasteiger partial charge on any atom is 0.281 e. The molecule has 0 aromatic rings. The summed E-state index contributed by atoms with van der Waals surface area (Å²) in [6.45, 7) is 3.03. The zero-order valence-electron chi connectivity index (χ0n) is 11.1. The third-order valence-corrected chi connectivity index (χ3v) is 5.43. The molecule has 1 aliphatic carbocycles. The van der Waals surface area contributed by atoms with Gasteiger partial charge in [0.2, 0.25) is 0 Å². The van der Waals surface area contributed by atoms with Crippen molar-refractivity contribution in [3.63, 3.8) is 0 Å². The predicted octanol–water partition coefficient (Wildman–Crippen LogP) is 0.632. The van der Waals surface area contributed by atoms with Crippen LogP contribution in [-0.4, -0.2) is 50.3 Å². The van der Waals surface area contributed by atoms with Crippen molar-refractivity contribution in [3.8, 4) is 0 Å². The molecule has 17 heavy (non-hydrogen) atoms. The van der Waals surface area contributed by atoms with Gasteiger partial charge in [0.05, 0.1) is 0 Å². The van der Waals surface area contributed by atoms with Crippen molar-refractivity contribution in [2.45, 2.75) is 38.6 Å². The first kappa shape index (κ1) is 14.9. The van der Waals surface area contributed by atoms with Gasteiger partial charge in [-0.05, 0) is 25.2 Å². The minimum absolute atomic E-state index is 0.0379. The van der Waals surface area contributed by atoms with E-state index in [1.54, 1.807) is 14.1 Å². The standard InChI is InChI=1S/C11H25N3O2S/c1-4-5-8-13(2)17(15,16)14(3)11(9-12)10-6-7-10/h10-11H,4-9,12H2,1-3H3. The molecule has 1 aliphatic rings. The molecular weight excluding hydrogens is 238 g/mol. The normalized spacial score (nSPS) is 18.9. The second-order valence-electron chi connectivity index (χ2n) is 4.84. The topological polar surface area (TPSA) is 66.6 Å². The minimum Gasteiger partial charge on any atom is -0.329 e. The molecule has 5 nitrogen and oxygen atoms in total. The number of nitrogens with zero attached hydrogens (tertiary/aromatic N) is 2. The lowest BCUT2D eigenvalue weighted by atomic mass is 10.2. The highest BCUT2D eigenvalue weighted by atomic mass is 32.2. The van der Waals surface area contributed by atoms with Gasteiger partial charge in [-0.25, -0.2) is 0 Å². The fourth-order valence-electron chi connectivity index (χ4n) is 2.01. The zero-order chi connectivity index (χ0) is 13.1. The maximum absolute atomic E-state index is 12.3. The fourth-order valence-corrected chi connectivity index (χ4v) is 3.41. The first-order valence-corrected chi connectivity index (χ1v) is 7.74. The summed E-state index contributed by atoms with van der Waals surface area (Å²) in [5.74, 6) is 0.458. The van der Waals surface area contributed by atoms with E-state index >= 15 is 0 Å². The average molecular weight is 263 g/mol. The third-order valence-electron chi connectivity index (χ3n) is 3.46. The van der Waals surface area contributed by atoms with Crippen LogP contribution in [0.5, 0.6) is 0 Å². The summed E-state index contributed by atoms with van der Waals surface area (Å²) in [4.78, 5) is 0. The van der Waals surface area contributed by atoms with Gasteiger partial charge in [0.1, 0.15) is 0 Å². The molecule has 1 atom stereocenters. The Hall–Kier alpha value is -0.170. The first-order chi connectivity index (χ1) is 7.95. The molecular formula is C11H25N3O2S. The fraction of sp³-hybridized carbons (Fsp3) is 1.00. The van der Waals surface area contributed by atoms with Crippen molar-refractivity contribution in [2.75, 3.05) is 27.2 Å². The lowest BCUT2D eigenvalue weighted by Gasteiger charge is -2.30. The number of likely N-dealkylation sites (N-methyl/N-ethyl adjacent to an activating group) is 1. The molecule has 0 bridgehead atoms. The van der Waals surface area contributed by atoms with E-state index in [2.05, 4.69) is 6.92 Å². The Morgan fingerprint density at radius 1 is 1.35 bits per heavy atom. The summed E-state index contributed by atoms with van der Waals surface area (Å²) < 4.78 is 27.4. The summed E-state index contributed by atoms with van der Waals surface area (Å²) in [6.07, 6.45) is 4.08. The van der Waals surface area contributed by atoms with Gasteiger partial charge < -0.3 is 5.73 Å². The van der Waals surface area contributed by atoms with Crippen LogP contribution in [0.1, 0.15) is 32.6 Å². The highest BCUT2D eigenvalue weighted by Gasteiger charge is 2.38. The Balaban J connectivity index is 2.66. The number of hydrogen-bond donors (Lipinski definition) is 1. The van der Waals surface area contributed by atoms with Crippen LogP contribution in [0.15, 0.2) is 0 Å². The van der Waals surface area contributed by atoms with Gasteiger partial charge in [-0.1, -0.05) is 13.3 Å². The van der Waals surface area contributed by atoms with Crippen LogP contribution in [0.2, 0.25) is 0 Å². The molecule has 1 saturated carbocycles. The average Bonchev–Trinajstić information content (AvgIpc) is 3.10. The van der Waals surface area contributed by atoms with E-state index in [9.17, 15) is 8.42 Å². The van der Waals surface area contributed by atoms with Crippen molar-refractivity contribution in [2.24, 2.45) is 11.7 Å². The molecule has 1 unspecified atom stereocenters. The van der Waals surface area contributed by atoms with Crippen LogP contribution >= 0.6 is 0 Å². The molecule has 0 aliphatic heterocycles. The van der Waals surface area contributed by atoms with E-state index < -0.39 is 10.2 Å². The Morgan fingerprint density at radius 2 is 1.94 bits per heavy atom. The van der Waals surface area contributed by atoms with E-state index in [0.717, 1.165) is 25.7 Å². The van der Waals surface area contributed by atoms with Crippen molar-refractivity contribution in [3.05, 3.63) is 0 Å². The van der Waals surface area contributed by atoms with Crippen molar-refractivity contribution < 1.29 is 8.42 Å². The molecule has 6 heteroatoms. The van der Waals surface area contributed by atoms with Crippen LogP contribution < -0.4 is 5.73 Å². The lowest BCUT2D eigenvalue weighted by molar-refractivity contribution is 0.310. The Morgan fingerprint density at radius 3 is 2.35 bits per heavy atom. The molecule has 0 amide bonds. The van der Waals surface area contributed by atoms with Crippen molar-refractivity contribution in [1.29, 1.82) is 0 Å². The molecule has 0 spiro atoms. The molecule has 0 saturated heterocycles. The SMILES string of the molecule is CCCCN(C)S(=O)(=O)N(C)C(CN)C1CC1. The Labute approximate surface area is 105 Å². The van der Waals surface area contributed by atoms with E-state index in [0.29, 0.717) is 19.0 Å². The maximum atomic E-state index is 12.3. The van der Waals surface area contributed by atoms with Gasteiger partial charge in [-0.2, -0.15) is 17.0 Å². The zero-order valence-corrected chi connectivity index (χ0v) is 11.9. The van der Waals surface area contributed by atoms with Gasteiger partial charge >= 0.3 is 0 Å².